The van der Waals surface area contributed by atoms with Gasteiger partial charge in [-0.2, -0.15) is 0 Å². The fraction of sp³-hybridized carbons (Fsp3) is 0.875. The number of nitrogens with one attached hydrogen (secondary N) is 2. The zero-order valence-electron chi connectivity index (χ0n) is 13.9. The first-order valence-electron chi connectivity index (χ1n) is 8.23. The number of carbonyl (C=O) groups is 2. The lowest BCUT2D eigenvalue weighted by atomic mass is 9.86. The molecular formula is C16H31N3O2. The summed E-state index contributed by atoms with van der Waals surface area (Å²) in [6.07, 6.45) is 4.74. The summed E-state index contributed by atoms with van der Waals surface area (Å²) >= 11 is 0. The third kappa shape index (κ3) is 6.93. The molecular weight excluding hydrogens is 266 g/mol. The first-order valence-corrected chi connectivity index (χ1v) is 8.23. The molecule has 0 spiro atoms. The van der Waals surface area contributed by atoms with E-state index >= 15 is 0 Å². The van der Waals surface area contributed by atoms with E-state index in [0.29, 0.717) is 25.0 Å². The van der Waals surface area contributed by atoms with Crippen LogP contribution < -0.4 is 10.6 Å². The van der Waals surface area contributed by atoms with Crippen molar-refractivity contribution < 1.29 is 9.59 Å². The minimum Gasteiger partial charge on any atom is -0.353 e. The van der Waals surface area contributed by atoms with Crippen molar-refractivity contribution in [2.24, 2.45) is 5.92 Å². The van der Waals surface area contributed by atoms with Crippen LogP contribution in [-0.2, 0) is 9.59 Å². The summed E-state index contributed by atoms with van der Waals surface area (Å²) in [7, 11) is 0. The topological polar surface area (TPSA) is 61.4 Å². The molecule has 5 heteroatoms. The van der Waals surface area contributed by atoms with E-state index in [2.05, 4.69) is 17.6 Å². The molecule has 1 aliphatic rings. The lowest BCUT2D eigenvalue weighted by molar-refractivity contribution is -0.126. The summed E-state index contributed by atoms with van der Waals surface area (Å²) in [5, 5.41) is 5.99. The van der Waals surface area contributed by atoms with Crippen LogP contribution in [0.25, 0.3) is 0 Å². The molecule has 21 heavy (non-hydrogen) atoms. The molecule has 2 amide bonds. The molecule has 0 bridgehead atoms. The van der Waals surface area contributed by atoms with Crippen molar-refractivity contribution >= 4 is 11.8 Å². The van der Waals surface area contributed by atoms with Crippen molar-refractivity contribution in [2.45, 2.75) is 65.5 Å². The second kappa shape index (κ2) is 9.03. The van der Waals surface area contributed by atoms with Gasteiger partial charge in [0.2, 0.25) is 11.8 Å². The van der Waals surface area contributed by atoms with Gasteiger partial charge in [-0.05, 0) is 39.2 Å². The molecule has 1 saturated carbocycles. The van der Waals surface area contributed by atoms with Crippen LogP contribution in [0.4, 0.5) is 0 Å². The molecule has 0 aromatic rings. The zero-order valence-corrected chi connectivity index (χ0v) is 13.9. The van der Waals surface area contributed by atoms with Gasteiger partial charge in [0, 0.05) is 12.1 Å². The van der Waals surface area contributed by atoms with Gasteiger partial charge in [0.1, 0.15) is 0 Å². The average molecular weight is 297 g/mol. The normalized spacial score (nSPS) is 22.4. The van der Waals surface area contributed by atoms with Gasteiger partial charge in [-0.1, -0.05) is 26.7 Å². The molecule has 122 valence electrons. The van der Waals surface area contributed by atoms with Gasteiger partial charge in [-0.15, -0.1) is 0 Å². The summed E-state index contributed by atoms with van der Waals surface area (Å²) in [5.74, 6) is 0.570. The van der Waals surface area contributed by atoms with E-state index in [0.717, 1.165) is 6.42 Å². The van der Waals surface area contributed by atoms with E-state index in [9.17, 15) is 9.59 Å². The molecule has 5 nitrogen and oxygen atoms in total. The monoisotopic (exact) mass is 297 g/mol. The number of amides is 2. The molecule has 0 radical (unpaired) electrons. The number of rotatable bonds is 7. The predicted octanol–water partition coefficient (Wildman–Crippen LogP) is 1.53. The maximum atomic E-state index is 12.1. The van der Waals surface area contributed by atoms with Crippen molar-refractivity contribution in [3.05, 3.63) is 0 Å². The number of hydrogen-bond donors (Lipinski definition) is 2. The molecule has 1 fully saturated rings. The van der Waals surface area contributed by atoms with Crippen LogP contribution in [0.3, 0.4) is 0 Å². The third-order valence-corrected chi connectivity index (χ3v) is 4.09. The van der Waals surface area contributed by atoms with Crippen LogP contribution in [0.5, 0.6) is 0 Å². The number of hydrogen-bond acceptors (Lipinski definition) is 3. The first-order chi connectivity index (χ1) is 9.92. The van der Waals surface area contributed by atoms with E-state index < -0.39 is 0 Å². The predicted molar refractivity (Wildman–Crippen MR) is 85.0 cm³/mol. The Labute approximate surface area is 128 Å². The Hall–Kier alpha value is -1.10. The van der Waals surface area contributed by atoms with Crippen LogP contribution in [-0.4, -0.2) is 48.4 Å². The largest absolute Gasteiger partial charge is 0.353 e. The lowest BCUT2D eigenvalue weighted by Crippen LogP contribution is -2.48. The van der Waals surface area contributed by atoms with Crippen molar-refractivity contribution in [1.82, 2.24) is 15.5 Å². The molecule has 0 heterocycles. The minimum atomic E-state index is -0.0225. The van der Waals surface area contributed by atoms with Gasteiger partial charge in [-0.25, -0.2) is 0 Å². The zero-order chi connectivity index (χ0) is 15.8. The summed E-state index contributed by atoms with van der Waals surface area (Å²) in [5.41, 5.74) is 0. The van der Waals surface area contributed by atoms with Crippen LogP contribution in [0.2, 0.25) is 0 Å². The van der Waals surface area contributed by atoms with Gasteiger partial charge in [0.15, 0.2) is 0 Å². The molecule has 2 atom stereocenters. The van der Waals surface area contributed by atoms with Crippen LogP contribution >= 0.6 is 0 Å². The van der Waals surface area contributed by atoms with E-state index in [1.165, 1.54) is 19.3 Å². The van der Waals surface area contributed by atoms with Gasteiger partial charge in [-0.3, -0.25) is 14.5 Å². The fourth-order valence-electron chi connectivity index (χ4n) is 2.84. The highest BCUT2D eigenvalue weighted by atomic mass is 16.2. The van der Waals surface area contributed by atoms with Crippen molar-refractivity contribution in [1.29, 1.82) is 0 Å². The van der Waals surface area contributed by atoms with Gasteiger partial charge >= 0.3 is 0 Å². The lowest BCUT2D eigenvalue weighted by Gasteiger charge is -2.30. The molecule has 2 N–H and O–H groups in total. The quantitative estimate of drug-likeness (QED) is 0.749. The number of carbonyl (C=O) groups excluding carboxylic acids is 2. The standard InChI is InChI=1S/C16H31N3O2/c1-5-19(10-15(20)17-12(2)3)11-16(21)18-14-9-7-6-8-13(14)4/h12-14H,5-11H2,1-4H3,(H,17,20)(H,18,21)/t13-,14+/m0/s1. The van der Waals surface area contributed by atoms with Gasteiger partial charge < -0.3 is 10.6 Å². The molecule has 0 saturated heterocycles. The molecule has 0 aliphatic heterocycles. The summed E-state index contributed by atoms with van der Waals surface area (Å²) < 4.78 is 0. The summed E-state index contributed by atoms with van der Waals surface area (Å²) in [6.45, 7) is 9.32. The average Bonchev–Trinajstić information content (AvgIpc) is 2.39. The minimum absolute atomic E-state index is 0.0225. The second-order valence-corrected chi connectivity index (χ2v) is 6.46. The van der Waals surface area contributed by atoms with E-state index in [-0.39, 0.29) is 24.4 Å². The molecule has 0 aromatic heterocycles. The molecule has 1 aliphatic carbocycles. The fourth-order valence-corrected chi connectivity index (χ4v) is 2.84. The highest BCUT2D eigenvalue weighted by Gasteiger charge is 2.23. The summed E-state index contributed by atoms with van der Waals surface area (Å²) in [4.78, 5) is 25.8. The smallest absolute Gasteiger partial charge is 0.234 e. The Morgan fingerprint density at radius 1 is 1.14 bits per heavy atom. The third-order valence-electron chi connectivity index (χ3n) is 4.09. The Morgan fingerprint density at radius 3 is 2.33 bits per heavy atom. The Bertz CT molecular complexity index is 344. The molecule has 0 unspecified atom stereocenters. The highest BCUT2D eigenvalue weighted by Crippen LogP contribution is 2.23. The Balaban J connectivity index is 2.37. The van der Waals surface area contributed by atoms with Crippen molar-refractivity contribution in [3.63, 3.8) is 0 Å². The molecule has 1 rings (SSSR count). The van der Waals surface area contributed by atoms with E-state index in [4.69, 9.17) is 0 Å². The van der Waals surface area contributed by atoms with Crippen LogP contribution in [0.15, 0.2) is 0 Å². The number of nitrogens with zero attached hydrogens (tertiary/aromatic N) is 1. The van der Waals surface area contributed by atoms with E-state index in [1.54, 1.807) is 0 Å². The Morgan fingerprint density at radius 2 is 1.76 bits per heavy atom. The van der Waals surface area contributed by atoms with Crippen LogP contribution in [0, 0.1) is 5.92 Å². The van der Waals surface area contributed by atoms with Crippen LogP contribution in [0.1, 0.15) is 53.4 Å². The van der Waals surface area contributed by atoms with Crippen molar-refractivity contribution in [3.8, 4) is 0 Å². The first kappa shape index (κ1) is 18.0. The SMILES string of the molecule is CCN(CC(=O)NC(C)C)CC(=O)N[C@@H]1CCCC[C@@H]1C. The van der Waals surface area contributed by atoms with Gasteiger partial charge in [0.25, 0.3) is 0 Å². The van der Waals surface area contributed by atoms with Crippen molar-refractivity contribution in [2.75, 3.05) is 19.6 Å². The maximum Gasteiger partial charge on any atom is 0.234 e. The Kier molecular flexibility index (Phi) is 7.72. The number of likely N-dealkylation sites (N-methyl/N-ethyl adjacent to an activating group) is 1. The maximum absolute atomic E-state index is 12.1. The highest BCUT2D eigenvalue weighted by molar-refractivity contribution is 5.81. The van der Waals surface area contributed by atoms with E-state index in [1.807, 2.05) is 25.7 Å². The summed E-state index contributed by atoms with van der Waals surface area (Å²) in [6, 6.07) is 0.433. The second-order valence-electron chi connectivity index (χ2n) is 6.46. The molecule has 0 aromatic carbocycles. The van der Waals surface area contributed by atoms with Gasteiger partial charge in [0.05, 0.1) is 13.1 Å².